The molecule has 0 radical (unpaired) electrons. The molecular weight excluding hydrogens is 264 g/mol. The number of H-pyrrole nitrogens is 1. The molecule has 0 bridgehead atoms. The lowest BCUT2D eigenvalue weighted by molar-refractivity contribution is 0.0754. The third-order valence-corrected chi connectivity index (χ3v) is 4.98. The third kappa shape index (κ3) is 2.21. The van der Waals surface area contributed by atoms with Crippen molar-refractivity contribution >= 4 is 16.8 Å². The zero-order valence-electron chi connectivity index (χ0n) is 12.0. The van der Waals surface area contributed by atoms with Gasteiger partial charge in [-0.15, -0.1) is 0 Å². The minimum absolute atomic E-state index is 0.0698. The zero-order chi connectivity index (χ0) is 14.2. The van der Waals surface area contributed by atoms with E-state index in [9.17, 15) is 4.79 Å². The van der Waals surface area contributed by atoms with E-state index < -0.39 is 0 Å². The number of nitrogens with zero attached hydrogens (tertiary/aromatic N) is 2. The first kappa shape index (κ1) is 12.8. The maximum atomic E-state index is 12.8. The van der Waals surface area contributed by atoms with E-state index in [4.69, 9.17) is 0 Å². The molecule has 5 nitrogen and oxygen atoms in total. The molecule has 2 N–H and O–H groups in total. The summed E-state index contributed by atoms with van der Waals surface area (Å²) in [6, 6.07) is 7.82. The molecule has 5 heteroatoms. The van der Waals surface area contributed by atoms with Crippen LogP contribution in [0.2, 0.25) is 0 Å². The Bertz CT molecular complexity index is 651. The number of hydrogen-bond acceptors (Lipinski definition) is 3. The van der Waals surface area contributed by atoms with E-state index in [1.807, 2.05) is 29.2 Å². The lowest BCUT2D eigenvalue weighted by atomic mass is 9.92. The van der Waals surface area contributed by atoms with Crippen molar-refractivity contribution in [2.24, 2.45) is 11.8 Å². The molecule has 2 saturated heterocycles. The number of hydrogen-bond donors (Lipinski definition) is 2. The lowest BCUT2D eigenvalue weighted by Gasteiger charge is -2.19. The molecule has 1 amide bonds. The lowest BCUT2D eigenvalue weighted by Crippen LogP contribution is -2.33. The van der Waals surface area contributed by atoms with Gasteiger partial charge in [0, 0.05) is 18.5 Å². The van der Waals surface area contributed by atoms with Crippen LogP contribution in [-0.2, 0) is 0 Å². The quantitative estimate of drug-likeness (QED) is 0.837. The van der Waals surface area contributed by atoms with Crippen LogP contribution in [0.5, 0.6) is 0 Å². The zero-order valence-corrected chi connectivity index (χ0v) is 12.0. The molecular formula is C16H20N4O. The highest BCUT2D eigenvalue weighted by molar-refractivity contribution is 6.04. The number of amides is 1. The maximum absolute atomic E-state index is 12.8. The van der Waals surface area contributed by atoms with Crippen LogP contribution in [-0.4, -0.2) is 47.2 Å². The highest BCUT2D eigenvalue weighted by Crippen LogP contribution is 2.28. The van der Waals surface area contributed by atoms with Crippen molar-refractivity contribution in [1.29, 1.82) is 0 Å². The Morgan fingerprint density at radius 1 is 1.14 bits per heavy atom. The molecule has 2 atom stereocenters. The van der Waals surface area contributed by atoms with Crippen LogP contribution in [0.4, 0.5) is 0 Å². The van der Waals surface area contributed by atoms with Crippen molar-refractivity contribution in [3.05, 3.63) is 30.0 Å². The third-order valence-electron chi connectivity index (χ3n) is 4.98. The van der Waals surface area contributed by atoms with E-state index in [1.165, 1.54) is 0 Å². The minimum atomic E-state index is 0.0698. The summed E-state index contributed by atoms with van der Waals surface area (Å²) >= 11 is 0. The van der Waals surface area contributed by atoms with Crippen molar-refractivity contribution in [3.63, 3.8) is 0 Å². The van der Waals surface area contributed by atoms with Gasteiger partial charge >= 0.3 is 0 Å². The van der Waals surface area contributed by atoms with Crippen LogP contribution >= 0.6 is 0 Å². The molecule has 110 valence electrons. The van der Waals surface area contributed by atoms with Crippen molar-refractivity contribution in [2.75, 3.05) is 26.2 Å². The summed E-state index contributed by atoms with van der Waals surface area (Å²) in [4.78, 5) is 14.8. The molecule has 4 rings (SSSR count). The Balaban J connectivity index is 1.57. The summed E-state index contributed by atoms with van der Waals surface area (Å²) in [5.41, 5.74) is 1.49. The SMILES string of the molecule is O=C(c1n[nH]c2ccccc12)N1CC[C@@H]2CNC[C@@H]2CC1. The first-order valence-electron chi connectivity index (χ1n) is 7.76. The van der Waals surface area contributed by atoms with Gasteiger partial charge in [0.25, 0.3) is 5.91 Å². The molecule has 2 fully saturated rings. The van der Waals surface area contributed by atoms with E-state index in [0.29, 0.717) is 5.69 Å². The number of aromatic nitrogens is 2. The molecule has 1 aromatic carbocycles. The van der Waals surface area contributed by atoms with Gasteiger partial charge in [0.15, 0.2) is 5.69 Å². The fourth-order valence-electron chi connectivity index (χ4n) is 3.70. The average Bonchev–Trinajstić information content (AvgIpc) is 3.09. The molecule has 21 heavy (non-hydrogen) atoms. The summed E-state index contributed by atoms with van der Waals surface area (Å²) < 4.78 is 0. The Morgan fingerprint density at radius 3 is 2.62 bits per heavy atom. The second-order valence-corrected chi connectivity index (χ2v) is 6.17. The predicted octanol–water partition coefficient (Wildman–Crippen LogP) is 1.63. The highest BCUT2D eigenvalue weighted by Gasteiger charge is 2.32. The first-order chi connectivity index (χ1) is 10.3. The summed E-state index contributed by atoms with van der Waals surface area (Å²) in [6.07, 6.45) is 2.21. The number of rotatable bonds is 1. The van der Waals surface area contributed by atoms with Crippen LogP contribution in [0.15, 0.2) is 24.3 Å². The van der Waals surface area contributed by atoms with E-state index in [1.54, 1.807) is 0 Å². The van der Waals surface area contributed by atoms with Gasteiger partial charge in [0.05, 0.1) is 5.52 Å². The fourth-order valence-corrected chi connectivity index (χ4v) is 3.70. The van der Waals surface area contributed by atoms with Gasteiger partial charge in [-0.1, -0.05) is 18.2 Å². The van der Waals surface area contributed by atoms with E-state index >= 15 is 0 Å². The van der Waals surface area contributed by atoms with Gasteiger partial charge in [-0.05, 0) is 43.8 Å². The minimum Gasteiger partial charge on any atom is -0.337 e. The predicted molar refractivity (Wildman–Crippen MR) is 81.1 cm³/mol. The normalized spacial score (nSPS) is 25.8. The van der Waals surface area contributed by atoms with Crippen LogP contribution in [0.25, 0.3) is 10.9 Å². The monoisotopic (exact) mass is 284 g/mol. The largest absolute Gasteiger partial charge is 0.337 e. The van der Waals surface area contributed by atoms with E-state index in [0.717, 1.165) is 61.8 Å². The van der Waals surface area contributed by atoms with Crippen molar-refractivity contribution in [3.8, 4) is 0 Å². The summed E-state index contributed by atoms with van der Waals surface area (Å²) in [5.74, 6) is 1.54. The summed E-state index contributed by atoms with van der Waals surface area (Å²) in [6.45, 7) is 3.92. The van der Waals surface area contributed by atoms with Gasteiger partial charge in [0.2, 0.25) is 0 Å². The smallest absolute Gasteiger partial charge is 0.274 e. The van der Waals surface area contributed by atoms with Gasteiger partial charge in [-0.25, -0.2) is 0 Å². The molecule has 2 aliphatic rings. The van der Waals surface area contributed by atoms with Gasteiger partial charge in [-0.2, -0.15) is 5.10 Å². The van der Waals surface area contributed by atoms with Crippen molar-refractivity contribution in [1.82, 2.24) is 20.4 Å². The van der Waals surface area contributed by atoms with Gasteiger partial charge in [0.1, 0.15) is 0 Å². The fraction of sp³-hybridized carbons (Fsp3) is 0.500. The highest BCUT2D eigenvalue weighted by atomic mass is 16.2. The molecule has 0 saturated carbocycles. The Morgan fingerprint density at radius 2 is 1.86 bits per heavy atom. The Hall–Kier alpha value is -1.88. The van der Waals surface area contributed by atoms with Gasteiger partial charge < -0.3 is 10.2 Å². The second-order valence-electron chi connectivity index (χ2n) is 6.17. The molecule has 0 spiro atoms. The Labute approximate surface area is 123 Å². The number of nitrogens with one attached hydrogen (secondary N) is 2. The summed E-state index contributed by atoms with van der Waals surface area (Å²) in [5, 5.41) is 11.6. The Kier molecular flexibility index (Phi) is 3.15. The molecule has 2 aromatic rings. The number of para-hydroxylation sites is 1. The van der Waals surface area contributed by atoms with E-state index in [-0.39, 0.29) is 5.91 Å². The van der Waals surface area contributed by atoms with Crippen LogP contribution in [0.3, 0.4) is 0 Å². The van der Waals surface area contributed by atoms with Crippen LogP contribution in [0.1, 0.15) is 23.3 Å². The number of carbonyl (C=O) groups is 1. The van der Waals surface area contributed by atoms with Crippen LogP contribution in [0, 0.1) is 11.8 Å². The number of fused-ring (bicyclic) bond motifs is 2. The van der Waals surface area contributed by atoms with Crippen molar-refractivity contribution in [2.45, 2.75) is 12.8 Å². The number of carbonyl (C=O) groups excluding carboxylic acids is 1. The average molecular weight is 284 g/mol. The summed E-state index contributed by atoms with van der Waals surface area (Å²) in [7, 11) is 0. The molecule has 1 aromatic heterocycles. The standard InChI is InChI=1S/C16H20N4O/c21-16(15-13-3-1-2-4-14(13)18-19-15)20-7-5-11-9-17-10-12(11)6-8-20/h1-4,11-12,17H,5-10H2,(H,18,19)/t11-,12+. The number of aromatic amines is 1. The molecule has 0 aliphatic carbocycles. The van der Waals surface area contributed by atoms with Crippen LogP contribution < -0.4 is 5.32 Å². The maximum Gasteiger partial charge on any atom is 0.274 e. The second kappa shape index (κ2) is 5.15. The topological polar surface area (TPSA) is 61.0 Å². The molecule has 0 unspecified atom stereocenters. The number of benzene rings is 1. The molecule has 3 heterocycles. The van der Waals surface area contributed by atoms with E-state index in [2.05, 4.69) is 15.5 Å². The number of likely N-dealkylation sites (tertiary alicyclic amines) is 1. The van der Waals surface area contributed by atoms with Crippen molar-refractivity contribution < 1.29 is 4.79 Å². The van der Waals surface area contributed by atoms with Gasteiger partial charge in [-0.3, -0.25) is 9.89 Å². The molecule has 2 aliphatic heterocycles. The first-order valence-corrected chi connectivity index (χ1v) is 7.76.